The molecular formula is C14H15ClN2O3. The van der Waals surface area contributed by atoms with Gasteiger partial charge in [-0.2, -0.15) is 0 Å². The molecule has 1 saturated heterocycles. The molecule has 0 amide bonds. The van der Waals surface area contributed by atoms with Crippen molar-refractivity contribution in [2.75, 3.05) is 13.1 Å². The average molecular weight is 295 g/mol. The van der Waals surface area contributed by atoms with Crippen molar-refractivity contribution in [3.05, 3.63) is 35.0 Å². The Morgan fingerprint density at radius 3 is 3.15 bits per heavy atom. The van der Waals surface area contributed by atoms with Crippen molar-refractivity contribution in [1.82, 2.24) is 10.0 Å². The van der Waals surface area contributed by atoms with Crippen molar-refractivity contribution in [3.8, 4) is 0 Å². The van der Waals surface area contributed by atoms with Gasteiger partial charge in [-0.3, -0.25) is 0 Å². The molecule has 0 spiro atoms. The SMILES string of the molecule is O=C(O)ON1CCCC(c2c[nH]c3ccc(Cl)cc23)C1. The van der Waals surface area contributed by atoms with Crippen LogP contribution in [0.4, 0.5) is 4.79 Å². The van der Waals surface area contributed by atoms with Crippen LogP contribution < -0.4 is 0 Å². The topological polar surface area (TPSA) is 65.6 Å². The number of carboxylic acid groups (broad SMARTS) is 1. The fraction of sp³-hybridized carbons (Fsp3) is 0.357. The number of nitrogens with one attached hydrogen (secondary N) is 1. The van der Waals surface area contributed by atoms with E-state index in [0.717, 1.165) is 23.7 Å². The summed E-state index contributed by atoms with van der Waals surface area (Å²) in [6.07, 6.45) is 2.65. The zero-order valence-electron chi connectivity index (χ0n) is 10.8. The molecule has 20 heavy (non-hydrogen) atoms. The lowest BCUT2D eigenvalue weighted by Gasteiger charge is -2.30. The fourth-order valence-corrected chi connectivity index (χ4v) is 3.01. The van der Waals surface area contributed by atoms with Crippen molar-refractivity contribution >= 4 is 28.7 Å². The van der Waals surface area contributed by atoms with Crippen LogP contribution in [0.3, 0.4) is 0 Å². The minimum atomic E-state index is -1.26. The number of nitrogens with zero attached hydrogens (tertiary/aromatic N) is 1. The Kier molecular flexibility index (Phi) is 3.54. The van der Waals surface area contributed by atoms with Crippen molar-refractivity contribution in [3.63, 3.8) is 0 Å². The van der Waals surface area contributed by atoms with Gasteiger partial charge in [0, 0.05) is 41.1 Å². The first-order chi connectivity index (χ1) is 9.63. The smallest absolute Gasteiger partial charge is 0.448 e. The Hall–Kier alpha value is -1.72. The summed E-state index contributed by atoms with van der Waals surface area (Å²) in [5.41, 5.74) is 2.21. The van der Waals surface area contributed by atoms with Crippen LogP contribution in [0.25, 0.3) is 10.9 Å². The van der Waals surface area contributed by atoms with Crippen LogP contribution in [-0.2, 0) is 4.84 Å². The quantitative estimate of drug-likeness (QED) is 0.888. The first-order valence-electron chi connectivity index (χ1n) is 6.56. The van der Waals surface area contributed by atoms with Gasteiger partial charge in [0.25, 0.3) is 0 Å². The van der Waals surface area contributed by atoms with Crippen LogP contribution in [0.5, 0.6) is 0 Å². The normalized spacial score (nSPS) is 20.1. The van der Waals surface area contributed by atoms with E-state index in [-0.39, 0.29) is 5.92 Å². The molecule has 0 saturated carbocycles. The van der Waals surface area contributed by atoms with Gasteiger partial charge in [-0.05, 0) is 36.6 Å². The number of rotatable bonds is 2. The summed E-state index contributed by atoms with van der Waals surface area (Å²) in [5, 5.41) is 12.0. The predicted molar refractivity (Wildman–Crippen MR) is 76.0 cm³/mol. The van der Waals surface area contributed by atoms with Crippen LogP contribution in [0.15, 0.2) is 24.4 Å². The van der Waals surface area contributed by atoms with Gasteiger partial charge >= 0.3 is 6.16 Å². The highest BCUT2D eigenvalue weighted by atomic mass is 35.5. The molecule has 1 atom stereocenters. The molecule has 1 aliphatic heterocycles. The molecule has 0 radical (unpaired) electrons. The second kappa shape index (κ2) is 5.34. The van der Waals surface area contributed by atoms with Crippen LogP contribution in [0, 0.1) is 0 Å². The molecule has 0 bridgehead atoms. The van der Waals surface area contributed by atoms with E-state index in [0.29, 0.717) is 18.1 Å². The third-order valence-corrected chi connectivity index (χ3v) is 3.94. The first-order valence-corrected chi connectivity index (χ1v) is 6.93. The van der Waals surface area contributed by atoms with Gasteiger partial charge in [0.05, 0.1) is 0 Å². The van der Waals surface area contributed by atoms with E-state index in [2.05, 4.69) is 4.98 Å². The summed E-state index contributed by atoms with van der Waals surface area (Å²) in [6, 6.07) is 5.75. The summed E-state index contributed by atoms with van der Waals surface area (Å²) in [5.74, 6) is 0.246. The number of carbonyl (C=O) groups is 1. The summed E-state index contributed by atoms with van der Waals surface area (Å²) in [7, 11) is 0. The predicted octanol–water partition coefficient (Wildman–Crippen LogP) is 3.61. The molecule has 5 nitrogen and oxygen atoms in total. The summed E-state index contributed by atoms with van der Waals surface area (Å²) in [6.45, 7) is 1.22. The van der Waals surface area contributed by atoms with E-state index in [4.69, 9.17) is 21.5 Å². The lowest BCUT2D eigenvalue weighted by atomic mass is 9.91. The summed E-state index contributed by atoms with van der Waals surface area (Å²) >= 11 is 6.06. The van der Waals surface area contributed by atoms with Crippen LogP contribution in [0.1, 0.15) is 24.3 Å². The highest BCUT2D eigenvalue weighted by molar-refractivity contribution is 6.31. The van der Waals surface area contributed by atoms with Crippen LogP contribution >= 0.6 is 11.6 Å². The molecule has 1 aliphatic rings. The standard InChI is InChI=1S/C14H15ClN2O3/c15-10-3-4-13-11(6-10)12(7-16-13)9-2-1-5-17(8-9)20-14(18)19/h3-4,6-7,9,16H,1-2,5,8H2,(H,18,19). The maximum atomic E-state index is 10.6. The Morgan fingerprint density at radius 2 is 2.35 bits per heavy atom. The molecule has 1 fully saturated rings. The van der Waals surface area contributed by atoms with E-state index in [1.54, 1.807) is 0 Å². The number of aromatic amines is 1. The highest BCUT2D eigenvalue weighted by Gasteiger charge is 2.25. The lowest BCUT2D eigenvalue weighted by Crippen LogP contribution is -2.35. The summed E-state index contributed by atoms with van der Waals surface area (Å²) in [4.78, 5) is 18.6. The van der Waals surface area contributed by atoms with E-state index in [9.17, 15) is 4.79 Å². The summed E-state index contributed by atoms with van der Waals surface area (Å²) < 4.78 is 0. The third-order valence-electron chi connectivity index (χ3n) is 3.71. The number of fused-ring (bicyclic) bond motifs is 1. The minimum Gasteiger partial charge on any atom is -0.448 e. The maximum Gasteiger partial charge on any atom is 0.525 e. The van der Waals surface area contributed by atoms with Gasteiger partial charge in [0.15, 0.2) is 0 Å². The van der Waals surface area contributed by atoms with Crippen LogP contribution in [0.2, 0.25) is 5.02 Å². The van der Waals surface area contributed by atoms with Crippen LogP contribution in [-0.4, -0.2) is 34.4 Å². The van der Waals surface area contributed by atoms with E-state index < -0.39 is 6.16 Å². The highest BCUT2D eigenvalue weighted by Crippen LogP contribution is 2.33. The van der Waals surface area contributed by atoms with Gasteiger partial charge in [-0.15, -0.1) is 5.06 Å². The monoisotopic (exact) mass is 294 g/mol. The van der Waals surface area contributed by atoms with Crippen molar-refractivity contribution in [2.45, 2.75) is 18.8 Å². The molecule has 0 aliphatic carbocycles. The molecule has 2 aromatic rings. The number of piperidine rings is 1. The third kappa shape index (κ3) is 2.59. The lowest BCUT2D eigenvalue weighted by molar-refractivity contribution is -0.133. The Labute approximate surface area is 121 Å². The Balaban J connectivity index is 1.86. The fourth-order valence-electron chi connectivity index (χ4n) is 2.84. The van der Waals surface area contributed by atoms with Gasteiger partial charge in [0.2, 0.25) is 0 Å². The molecule has 6 heteroatoms. The number of hydrogen-bond acceptors (Lipinski definition) is 3. The zero-order chi connectivity index (χ0) is 14.1. The van der Waals surface area contributed by atoms with Crippen molar-refractivity contribution in [2.24, 2.45) is 0 Å². The number of benzene rings is 1. The van der Waals surface area contributed by atoms with Crippen molar-refractivity contribution in [1.29, 1.82) is 0 Å². The number of hydrogen-bond donors (Lipinski definition) is 2. The van der Waals surface area contributed by atoms with Gasteiger partial charge in [0.1, 0.15) is 0 Å². The largest absolute Gasteiger partial charge is 0.525 e. The van der Waals surface area contributed by atoms with E-state index in [1.165, 1.54) is 10.6 Å². The van der Waals surface area contributed by atoms with E-state index >= 15 is 0 Å². The number of halogens is 1. The first kappa shape index (κ1) is 13.3. The molecule has 2 N–H and O–H groups in total. The van der Waals surface area contributed by atoms with Gasteiger partial charge in [-0.1, -0.05) is 11.6 Å². The second-order valence-corrected chi connectivity index (χ2v) is 5.45. The molecule has 1 unspecified atom stereocenters. The van der Waals surface area contributed by atoms with Gasteiger partial charge < -0.3 is 14.9 Å². The zero-order valence-corrected chi connectivity index (χ0v) is 11.6. The van der Waals surface area contributed by atoms with Gasteiger partial charge in [-0.25, -0.2) is 4.79 Å². The molecule has 3 rings (SSSR count). The molecular weight excluding hydrogens is 280 g/mol. The Bertz CT molecular complexity index is 640. The minimum absolute atomic E-state index is 0.246. The molecule has 1 aromatic carbocycles. The number of H-pyrrole nitrogens is 1. The number of aromatic nitrogens is 1. The maximum absolute atomic E-state index is 10.6. The Morgan fingerprint density at radius 1 is 1.50 bits per heavy atom. The number of hydroxylamine groups is 2. The van der Waals surface area contributed by atoms with E-state index in [1.807, 2.05) is 24.4 Å². The molecule has 106 valence electrons. The average Bonchev–Trinajstić information content (AvgIpc) is 2.81. The molecule has 2 heterocycles. The second-order valence-electron chi connectivity index (χ2n) is 5.02. The molecule has 1 aromatic heterocycles. The van der Waals surface area contributed by atoms with Crippen molar-refractivity contribution < 1.29 is 14.7 Å².